The molecule has 0 radical (unpaired) electrons. The molecule has 14 heavy (non-hydrogen) atoms. The molecule has 0 amide bonds. The van der Waals surface area contributed by atoms with Crippen LogP contribution in [0, 0.1) is 10.1 Å². The number of phenols is 1. The van der Waals surface area contributed by atoms with Gasteiger partial charge in [-0.25, -0.2) is 0 Å². The topological polar surface area (TPSA) is 96.0 Å². The maximum atomic E-state index is 10.4. The van der Waals surface area contributed by atoms with Gasteiger partial charge >= 0.3 is 0 Å². The van der Waals surface area contributed by atoms with Gasteiger partial charge < -0.3 is 10.3 Å². The molecule has 6 nitrogen and oxygen atoms in total. The number of nitro benzene ring substituents is 1. The van der Waals surface area contributed by atoms with E-state index < -0.39 is 4.92 Å². The molecule has 1 rings (SSSR count). The normalized spacial score (nSPS) is 11.4. The minimum Gasteiger partial charge on any atom is -0.507 e. The van der Waals surface area contributed by atoms with Crippen LogP contribution in [0.25, 0.3) is 0 Å². The van der Waals surface area contributed by atoms with Gasteiger partial charge in [-0.2, -0.15) is 0 Å². The number of benzene rings is 1. The minimum atomic E-state index is -0.590. The number of hydrogen-bond donors (Lipinski definition) is 2. The van der Waals surface area contributed by atoms with Crippen molar-refractivity contribution in [1.82, 2.24) is 0 Å². The molecule has 0 unspecified atom stereocenters. The number of hydrogen-bond acceptors (Lipinski definition) is 5. The Bertz CT molecular complexity index is 400. The van der Waals surface area contributed by atoms with E-state index in [1.54, 1.807) is 0 Å². The van der Waals surface area contributed by atoms with Gasteiger partial charge in [-0.15, -0.1) is 0 Å². The number of rotatable bonds is 2. The van der Waals surface area contributed by atoms with Gasteiger partial charge in [-0.1, -0.05) is 5.16 Å². The molecule has 0 saturated heterocycles. The lowest BCUT2D eigenvalue weighted by molar-refractivity contribution is -0.384. The predicted octanol–water partition coefficient (Wildman–Crippen LogP) is 1.50. The van der Waals surface area contributed by atoms with Crippen molar-refractivity contribution < 1.29 is 15.2 Å². The predicted molar refractivity (Wildman–Crippen MR) is 48.8 cm³/mol. The quantitative estimate of drug-likeness (QED) is 0.324. The van der Waals surface area contributed by atoms with Crippen LogP contribution in [0.3, 0.4) is 0 Å². The van der Waals surface area contributed by atoms with Crippen molar-refractivity contribution in [3.05, 3.63) is 33.9 Å². The first-order valence-corrected chi connectivity index (χ1v) is 3.72. The van der Waals surface area contributed by atoms with Gasteiger partial charge in [0, 0.05) is 17.7 Å². The van der Waals surface area contributed by atoms with E-state index in [2.05, 4.69) is 5.16 Å². The molecule has 1 aromatic carbocycles. The van der Waals surface area contributed by atoms with Crippen molar-refractivity contribution >= 4 is 11.4 Å². The van der Waals surface area contributed by atoms with Crippen LogP contribution in [0.5, 0.6) is 5.75 Å². The number of non-ortho nitro benzene ring substituents is 1. The third-order valence-electron chi connectivity index (χ3n) is 1.73. The summed E-state index contributed by atoms with van der Waals surface area (Å²) < 4.78 is 0. The van der Waals surface area contributed by atoms with Gasteiger partial charge in [0.1, 0.15) is 5.75 Å². The van der Waals surface area contributed by atoms with E-state index >= 15 is 0 Å². The van der Waals surface area contributed by atoms with Gasteiger partial charge in [0.25, 0.3) is 5.69 Å². The van der Waals surface area contributed by atoms with Crippen molar-refractivity contribution in [2.45, 2.75) is 6.92 Å². The van der Waals surface area contributed by atoms with E-state index in [0.717, 1.165) is 6.07 Å². The molecule has 74 valence electrons. The molecule has 0 spiro atoms. The van der Waals surface area contributed by atoms with E-state index in [1.165, 1.54) is 19.1 Å². The summed E-state index contributed by atoms with van der Waals surface area (Å²) in [6, 6.07) is 3.50. The first kappa shape index (κ1) is 9.97. The summed E-state index contributed by atoms with van der Waals surface area (Å²) in [6.07, 6.45) is 0. The molecule has 6 heteroatoms. The Morgan fingerprint density at radius 3 is 2.71 bits per heavy atom. The number of oxime groups is 1. The maximum Gasteiger partial charge on any atom is 0.270 e. The molecule has 0 bridgehead atoms. The fraction of sp³-hybridized carbons (Fsp3) is 0.125. The average Bonchev–Trinajstić information content (AvgIpc) is 2.17. The molecule has 0 saturated carbocycles. The van der Waals surface area contributed by atoms with E-state index in [1.807, 2.05) is 0 Å². The highest BCUT2D eigenvalue weighted by Crippen LogP contribution is 2.23. The zero-order valence-corrected chi connectivity index (χ0v) is 7.34. The molecular weight excluding hydrogens is 188 g/mol. The summed E-state index contributed by atoms with van der Waals surface area (Å²) in [5, 5.41) is 31.0. The highest BCUT2D eigenvalue weighted by molar-refractivity contribution is 6.01. The van der Waals surface area contributed by atoms with E-state index in [-0.39, 0.29) is 22.7 Å². The van der Waals surface area contributed by atoms with Gasteiger partial charge in [0.15, 0.2) is 0 Å². The van der Waals surface area contributed by atoms with Crippen LogP contribution >= 0.6 is 0 Å². The van der Waals surface area contributed by atoms with Crippen LogP contribution in [0.4, 0.5) is 5.69 Å². The number of nitro groups is 1. The van der Waals surface area contributed by atoms with Gasteiger partial charge in [-0.3, -0.25) is 10.1 Å². The lowest BCUT2D eigenvalue weighted by Crippen LogP contribution is -1.97. The molecular formula is C8H8N2O4. The maximum absolute atomic E-state index is 10.4. The van der Waals surface area contributed by atoms with Crippen molar-refractivity contribution in [3.8, 4) is 5.75 Å². The summed E-state index contributed by atoms with van der Waals surface area (Å²) in [5.74, 6) is -0.161. The fourth-order valence-electron chi connectivity index (χ4n) is 0.981. The third kappa shape index (κ3) is 1.79. The third-order valence-corrected chi connectivity index (χ3v) is 1.73. The smallest absolute Gasteiger partial charge is 0.270 e. The molecule has 2 N–H and O–H groups in total. The lowest BCUT2D eigenvalue weighted by Gasteiger charge is -2.01. The Morgan fingerprint density at radius 2 is 2.21 bits per heavy atom. The summed E-state index contributed by atoms with van der Waals surface area (Å²) in [4.78, 5) is 9.81. The second-order valence-corrected chi connectivity index (χ2v) is 2.64. The zero-order chi connectivity index (χ0) is 10.7. The fourth-order valence-corrected chi connectivity index (χ4v) is 0.981. The molecule has 0 fully saturated rings. The molecule has 0 aromatic heterocycles. The summed E-state index contributed by atoms with van der Waals surface area (Å²) in [7, 11) is 0. The van der Waals surface area contributed by atoms with Crippen LogP contribution in [0.2, 0.25) is 0 Å². The molecule has 0 aliphatic rings. The Morgan fingerprint density at radius 1 is 1.57 bits per heavy atom. The van der Waals surface area contributed by atoms with Crippen molar-refractivity contribution in [3.63, 3.8) is 0 Å². The highest BCUT2D eigenvalue weighted by atomic mass is 16.6. The summed E-state index contributed by atoms with van der Waals surface area (Å²) >= 11 is 0. The second kappa shape index (κ2) is 3.73. The molecule has 0 atom stereocenters. The minimum absolute atomic E-state index is 0.117. The molecule has 0 aliphatic heterocycles. The Labute approximate surface area is 79.3 Å². The van der Waals surface area contributed by atoms with Gasteiger partial charge in [-0.05, 0) is 13.0 Å². The van der Waals surface area contributed by atoms with Gasteiger partial charge in [0.05, 0.1) is 10.6 Å². The van der Waals surface area contributed by atoms with Crippen LogP contribution in [0.15, 0.2) is 23.4 Å². The van der Waals surface area contributed by atoms with E-state index in [9.17, 15) is 15.2 Å². The molecule has 1 aromatic rings. The summed E-state index contributed by atoms with van der Waals surface area (Å²) in [6.45, 7) is 1.43. The number of nitrogens with zero attached hydrogens (tertiary/aromatic N) is 2. The van der Waals surface area contributed by atoms with Crippen molar-refractivity contribution in [1.29, 1.82) is 0 Å². The first-order valence-electron chi connectivity index (χ1n) is 3.72. The zero-order valence-electron chi connectivity index (χ0n) is 7.34. The van der Waals surface area contributed by atoms with Gasteiger partial charge in [0.2, 0.25) is 0 Å². The summed E-state index contributed by atoms with van der Waals surface area (Å²) in [5.41, 5.74) is 0.0914. The Kier molecular flexibility index (Phi) is 2.66. The van der Waals surface area contributed by atoms with Crippen molar-refractivity contribution in [2.75, 3.05) is 0 Å². The Hall–Kier alpha value is -2.11. The van der Waals surface area contributed by atoms with E-state index in [0.29, 0.717) is 0 Å². The average molecular weight is 196 g/mol. The Balaban J connectivity index is 3.28. The SMILES string of the molecule is C/C(=N\O)c1cc([N+](=O)[O-])ccc1O. The standard InChI is InChI=1S/C8H8N2O4/c1-5(9-12)7-4-6(10(13)14)2-3-8(7)11/h2-4,11-12H,1H3/b9-5+. The van der Waals surface area contributed by atoms with Crippen LogP contribution in [-0.4, -0.2) is 20.9 Å². The number of aromatic hydroxyl groups is 1. The monoisotopic (exact) mass is 196 g/mol. The van der Waals surface area contributed by atoms with Crippen LogP contribution in [-0.2, 0) is 0 Å². The van der Waals surface area contributed by atoms with Crippen LogP contribution < -0.4 is 0 Å². The lowest BCUT2D eigenvalue weighted by atomic mass is 10.1. The molecule has 0 aliphatic carbocycles. The second-order valence-electron chi connectivity index (χ2n) is 2.64. The van der Waals surface area contributed by atoms with Crippen molar-refractivity contribution in [2.24, 2.45) is 5.16 Å². The first-order chi connectivity index (χ1) is 6.56. The van der Waals surface area contributed by atoms with E-state index in [4.69, 9.17) is 5.21 Å². The number of phenolic OH excluding ortho intramolecular Hbond substituents is 1. The largest absolute Gasteiger partial charge is 0.507 e. The highest BCUT2D eigenvalue weighted by Gasteiger charge is 2.12. The molecule has 0 heterocycles. The van der Waals surface area contributed by atoms with Crippen LogP contribution in [0.1, 0.15) is 12.5 Å².